The first-order valence-electron chi connectivity index (χ1n) is 19.6. The lowest BCUT2D eigenvalue weighted by atomic mass is 9.34. The van der Waals surface area contributed by atoms with Crippen molar-refractivity contribution < 1.29 is 0 Å². The van der Waals surface area contributed by atoms with E-state index in [1.807, 2.05) is 30.7 Å². The van der Waals surface area contributed by atoms with E-state index in [9.17, 15) is 0 Å². The van der Waals surface area contributed by atoms with Crippen molar-refractivity contribution in [3.8, 4) is 39.4 Å². The summed E-state index contributed by atoms with van der Waals surface area (Å²) in [6, 6.07) is 55.2. The number of para-hydroxylation sites is 2. The fourth-order valence-corrected chi connectivity index (χ4v) is 10.8. The Labute approximate surface area is 327 Å². The van der Waals surface area contributed by atoms with Crippen LogP contribution >= 0.6 is 0 Å². The summed E-state index contributed by atoms with van der Waals surface area (Å²) in [5, 5.41) is 2.37. The number of aromatic nitrogens is 6. The Morgan fingerprint density at radius 2 is 1.30 bits per heavy atom. The Morgan fingerprint density at radius 3 is 2.16 bits per heavy atom. The molecule has 0 N–H and O–H groups in total. The fourth-order valence-electron chi connectivity index (χ4n) is 10.8. The van der Waals surface area contributed by atoms with Gasteiger partial charge in [0.1, 0.15) is 11.2 Å². The molecule has 0 radical (unpaired) electrons. The van der Waals surface area contributed by atoms with Gasteiger partial charge in [0.25, 0.3) is 6.71 Å². The molecule has 3 aliphatic rings. The van der Waals surface area contributed by atoms with Gasteiger partial charge in [0.15, 0.2) is 0 Å². The van der Waals surface area contributed by atoms with E-state index in [0.29, 0.717) is 0 Å². The molecule has 7 heteroatoms. The van der Waals surface area contributed by atoms with Crippen LogP contribution in [0.2, 0.25) is 0 Å². The highest BCUT2D eigenvalue weighted by Crippen LogP contribution is 2.54. The van der Waals surface area contributed by atoms with Crippen LogP contribution in [-0.2, 0) is 0 Å². The van der Waals surface area contributed by atoms with Crippen molar-refractivity contribution in [3.05, 3.63) is 187 Å². The molecular weight excluding hydrogens is 695 g/mol. The second-order valence-corrected chi connectivity index (χ2v) is 15.5. The second-order valence-electron chi connectivity index (χ2n) is 15.5. The van der Waals surface area contributed by atoms with Crippen LogP contribution in [0.5, 0.6) is 0 Å². The molecule has 2 aliphatic heterocycles. The monoisotopic (exact) mass is 724 g/mol. The van der Waals surface area contributed by atoms with Gasteiger partial charge in [0.05, 0.1) is 33.5 Å². The summed E-state index contributed by atoms with van der Waals surface area (Å²) in [5.41, 5.74) is 22.5. The molecule has 0 amide bonds. The normalized spacial score (nSPS) is 14.5. The molecule has 0 bridgehead atoms. The molecule has 1 atom stereocenters. The zero-order valence-corrected chi connectivity index (χ0v) is 30.5. The summed E-state index contributed by atoms with van der Waals surface area (Å²) in [6.45, 7) is -0.00849. The van der Waals surface area contributed by atoms with E-state index in [1.165, 1.54) is 60.9 Å². The molecule has 0 fully saturated rings. The number of pyridine rings is 3. The number of fused-ring (bicyclic) bond motifs is 14. The zero-order valence-electron chi connectivity index (χ0n) is 30.5. The largest absolute Gasteiger partial charge is 0.313 e. The molecule has 5 aromatic carbocycles. The van der Waals surface area contributed by atoms with Gasteiger partial charge >= 0.3 is 0 Å². The molecule has 8 heterocycles. The number of rotatable bonds is 3. The summed E-state index contributed by atoms with van der Waals surface area (Å²) < 4.78 is 7.52. The summed E-state index contributed by atoms with van der Waals surface area (Å²) in [5.74, 6) is 0.0695. The van der Waals surface area contributed by atoms with Crippen molar-refractivity contribution in [2.24, 2.45) is 0 Å². The zero-order chi connectivity index (χ0) is 36.9. The molecule has 0 saturated heterocycles. The predicted octanol–water partition coefficient (Wildman–Crippen LogP) is 8.83. The quantitative estimate of drug-likeness (QED) is 0.171. The van der Waals surface area contributed by atoms with Crippen LogP contribution in [0, 0.1) is 0 Å². The maximum atomic E-state index is 5.20. The lowest BCUT2D eigenvalue weighted by molar-refractivity contribution is 0.904. The van der Waals surface area contributed by atoms with Crippen molar-refractivity contribution in [1.29, 1.82) is 0 Å². The SMILES string of the molecule is c1ccc(C2c3ccccc3-c3c2n2c4c(cccc34)B3c4c-2cc(-c2ccccn2)cc4-n2c4c3ccnc4c3c4ncccc4n(-c4ccccc4)c32)cc1. The Morgan fingerprint density at radius 1 is 0.544 bits per heavy atom. The van der Waals surface area contributed by atoms with Crippen molar-refractivity contribution >= 4 is 67.1 Å². The summed E-state index contributed by atoms with van der Waals surface area (Å²) >= 11 is 0. The van der Waals surface area contributed by atoms with Gasteiger partial charge in [0, 0.05) is 63.4 Å². The Balaban J connectivity index is 1.20. The van der Waals surface area contributed by atoms with E-state index in [-0.39, 0.29) is 12.6 Å². The minimum absolute atomic E-state index is 0.00849. The number of hydrogen-bond acceptors (Lipinski definition) is 3. The van der Waals surface area contributed by atoms with E-state index in [0.717, 1.165) is 55.7 Å². The van der Waals surface area contributed by atoms with E-state index < -0.39 is 0 Å². The second kappa shape index (κ2) is 10.6. The molecule has 0 saturated carbocycles. The van der Waals surface area contributed by atoms with E-state index in [1.54, 1.807) is 0 Å². The summed E-state index contributed by atoms with van der Waals surface area (Å²) in [6.07, 6.45) is 5.82. The van der Waals surface area contributed by atoms with Crippen LogP contribution in [0.4, 0.5) is 0 Å². The summed E-state index contributed by atoms with van der Waals surface area (Å²) in [7, 11) is 0. The van der Waals surface area contributed by atoms with Crippen LogP contribution < -0.4 is 16.4 Å². The number of nitrogens with zero attached hydrogens (tertiary/aromatic N) is 6. The molecule has 6 nitrogen and oxygen atoms in total. The minimum atomic E-state index is -0.00849. The van der Waals surface area contributed by atoms with Gasteiger partial charge in [-0.2, -0.15) is 0 Å². The smallest absolute Gasteiger partial charge is 0.252 e. The Hall–Kier alpha value is -7.51. The molecule has 6 aromatic heterocycles. The topological polar surface area (TPSA) is 53.5 Å². The molecule has 11 aromatic rings. The third-order valence-electron chi connectivity index (χ3n) is 12.8. The van der Waals surface area contributed by atoms with Gasteiger partial charge in [-0.15, -0.1) is 0 Å². The molecule has 1 unspecified atom stereocenters. The third kappa shape index (κ3) is 3.61. The highest BCUT2D eigenvalue weighted by atomic mass is 15.2. The van der Waals surface area contributed by atoms with Crippen molar-refractivity contribution in [3.63, 3.8) is 0 Å². The maximum absolute atomic E-state index is 5.20. The van der Waals surface area contributed by atoms with Gasteiger partial charge < -0.3 is 4.57 Å². The molecule has 1 aliphatic carbocycles. The highest BCUT2D eigenvalue weighted by molar-refractivity contribution is 7.00. The minimum Gasteiger partial charge on any atom is -0.313 e. The van der Waals surface area contributed by atoms with Crippen LogP contribution in [0.25, 0.3) is 83.4 Å². The van der Waals surface area contributed by atoms with Crippen molar-refractivity contribution in [2.45, 2.75) is 5.92 Å². The average molecular weight is 725 g/mol. The molecule has 0 spiro atoms. The van der Waals surface area contributed by atoms with Crippen LogP contribution in [0.15, 0.2) is 170 Å². The van der Waals surface area contributed by atoms with E-state index in [2.05, 4.69) is 153 Å². The average Bonchev–Trinajstić information content (AvgIpc) is 4.00. The van der Waals surface area contributed by atoms with Crippen molar-refractivity contribution in [2.75, 3.05) is 0 Å². The molecular formula is C50H29BN6. The lowest BCUT2D eigenvalue weighted by Crippen LogP contribution is -2.59. The Bertz CT molecular complexity index is 3530. The van der Waals surface area contributed by atoms with E-state index in [4.69, 9.17) is 15.0 Å². The predicted molar refractivity (Wildman–Crippen MR) is 231 cm³/mol. The number of hydrogen-bond donors (Lipinski definition) is 0. The first-order valence-corrected chi connectivity index (χ1v) is 19.6. The lowest BCUT2D eigenvalue weighted by Gasteiger charge is -2.35. The summed E-state index contributed by atoms with van der Waals surface area (Å²) in [4.78, 5) is 15.2. The number of benzene rings is 5. The van der Waals surface area contributed by atoms with Gasteiger partial charge in [-0.1, -0.05) is 97.1 Å². The first-order chi connectivity index (χ1) is 28.3. The molecule has 57 heavy (non-hydrogen) atoms. The van der Waals surface area contributed by atoms with Crippen LogP contribution in [0.3, 0.4) is 0 Å². The Kier molecular flexibility index (Phi) is 5.55. The van der Waals surface area contributed by atoms with Crippen molar-refractivity contribution in [1.82, 2.24) is 28.7 Å². The third-order valence-corrected chi connectivity index (χ3v) is 12.8. The standard InChI is InChI=1S/C50H29BN6/c1-3-13-29(14-4-1)41-32-17-7-8-18-33(32)42-34-19-11-20-35-47(34)56(49(41)42)39-27-30(37-21-9-10-24-52-37)28-40-44(39)51(35)36-23-26-54-46-43-45-38(22-12-25-53-45)55(31-15-5-2-6-16-31)50(43)57(40)48(36)46/h1-28,41H. The molecule has 262 valence electrons. The van der Waals surface area contributed by atoms with Gasteiger partial charge in [-0.3, -0.25) is 24.1 Å². The molecule has 14 rings (SSSR count). The fraction of sp³-hybridized carbons (Fsp3) is 0.0200. The first kappa shape index (κ1) is 29.8. The van der Waals surface area contributed by atoms with Gasteiger partial charge in [-0.05, 0) is 87.7 Å². The van der Waals surface area contributed by atoms with Gasteiger partial charge in [0.2, 0.25) is 0 Å². The van der Waals surface area contributed by atoms with Crippen LogP contribution in [-0.4, -0.2) is 35.4 Å². The van der Waals surface area contributed by atoms with Crippen LogP contribution in [0.1, 0.15) is 22.7 Å². The maximum Gasteiger partial charge on any atom is 0.252 e. The van der Waals surface area contributed by atoms with E-state index >= 15 is 0 Å². The highest BCUT2D eigenvalue weighted by Gasteiger charge is 2.45. The van der Waals surface area contributed by atoms with Gasteiger partial charge in [-0.25, -0.2) is 0 Å².